The van der Waals surface area contributed by atoms with E-state index in [2.05, 4.69) is 60.2 Å². The van der Waals surface area contributed by atoms with E-state index in [9.17, 15) is 8.78 Å². The normalized spacial score (nSPS) is 14.3. The molecule has 0 rings (SSSR count). The van der Waals surface area contributed by atoms with E-state index in [1.54, 1.807) is 6.08 Å². The summed E-state index contributed by atoms with van der Waals surface area (Å²) >= 11 is 0. The van der Waals surface area contributed by atoms with E-state index in [0.717, 1.165) is 18.4 Å². The number of allylic oxidation sites excluding steroid dienone is 12. The molecule has 0 bridgehead atoms. The molecule has 2 unspecified atom stereocenters. The maximum absolute atomic E-state index is 14.5. The van der Waals surface area contributed by atoms with E-state index in [4.69, 9.17) is 0 Å². The van der Waals surface area contributed by atoms with Crippen molar-refractivity contribution in [2.75, 3.05) is 0 Å². The van der Waals surface area contributed by atoms with Crippen LogP contribution in [0.15, 0.2) is 109 Å². The van der Waals surface area contributed by atoms with E-state index >= 15 is 0 Å². The van der Waals surface area contributed by atoms with Gasteiger partial charge in [-0.1, -0.05) is 103 Å². The van der Waals surface area contributed by atoms with Crippen molar-refractivity contribution < 1.29 is 8.78 Å². The van der Waals surface area contributed by atoms with E-state index < -0.39 is 11.7 Å². The Balaban J connectivity index is 5.01. The van der Waals surface area contributed by atoms with Crippen molar-refractivity contribution in [1.29, 1.82) is 0 Å². The molecule has 0 saturated carbocycles. The lowest BCUT2D eigenvalue weighted by molar-refractivity contribution is 0.454. The van der Waals surface area contributed by atoms with Crippen molar-refractivity contribution in [3.05, 3.63) is 109 Å². The van der Waals surface area contributed by atoms with Gasteiger partial charge in [-0.2, -0.15) is 0 Å². The molecule has 0 aliphatic heterocycles. The number of hydrogen-bond donors (Lipinski definition) is 0. The molecule has 30 heavy (non-hydrogen) atoms. The Kier molecular flexibility index (Phi) is 12.6. The molecular formula is C28H38F2. The van der Waals surface area contributed by atoms with Crippen molar-refractivity contribution in [3.8, 4) is 0 Å². The molecule has 0 radical (unpaired) electrons. The maximum atomic E-state index is 14.5. The average molecular weight is 413 g/mol. The van der Waals surface area contributed by atoms with Gasteiger partial charge in [0, 0.05) is 11.1 Å². The predicted molar refractivity (Wildman–Crippen MR) is 131 cm³/mol. The van der Waals surface area contributed by atoms with Gasteiger partial charge in [0.1, 0.15) is 11.7 Å². The molecule has 0 aliphatic rings. The van der Waals surface area contributed by atoms with Crippen LogP contribution in [0.25, 0.3) is 0 Å². The van der Waals surface area contributed by atoms with Crippen LogP contribution in [0.1, 0.15) is 53.4 Å². The molecule has 0 spiro atoms. The highest BCUT2D eigenvalue weighted by molar-refractivity contribution is 5.54. The highest BCUT2D eigenvalue weighted by Gasteiger charge is 2.12. The van der Waals surface area contributed by atoms with Crippen LogP contribution in [0, 0.1) is 11.8 Å². The van der Waals surface area contributed by atoms with Crippen LogP contribution in [0.3, 0.4) is 0 Å². The highest BCUT2D eigenvalue weighted by atomic mass is 19.1. The van der Waals surface area contributed by atoms with Crippen molar-refractivity contribution in [3.63, 3.8) is 0 Å². The largest absolute Gasteiger partial charge is 0.206 e. The second kappa shape index (κ2) is 13.7. The molecule has 0 amide bonds. The van der Waals surface area contributed by atoms with Crippen molar-refractivity contribution in [2.24, 2.45) is 11.8 Å². The smallest absolute Gasteiger partial charge is 0.131 e. The lowest BCUT2D eigenvalue weighted by atomic mass is 9.91. The summed E-state index contributed by atoms with van der Waals surface area (Å²) in [6, 6.07) is 0. The molecule has 0 aromatic rings. The van der Waals surface area contributed by atoms with E-state index in [-0.39, 0.29) is 11.1 Å². The first-order valence-corrected chi connectivity index (χ1v) is 10.5. The summed E-state index contributed by atoms with van der Waals surface area (Å²) in [7, 11) is 0. The molecule has 0 aromatic carbocycles. The van der Waals surface area contributed by atoms with Crippen LogP contribution >= 0.6 is 0 Å². The third kappa shape index (κ3) is 9.82. The van der Waals surface area contributed by atoms with Crippen molar-refractivity contribution >= 4 is 0 Å². The van der Waals surface area contributed by atoms with Gasteiger partial charge < -0.3 is 0 Å². The Morgan fingerprint density at radius 3 is 1.80 bits per heavy atom. The van der Waals surface area contributed by atoms with Crippen LogP contribution in [0.4, 0.5) is 8.78 Å². The van der Waals surface area contributed by atoms with Crippen LogP contribution in [0.2, 0.25) is 0 Å². The summed E-state index contributed by atoms with van der Waals surface area (Å²) in [6.07, 6.45) is 10.1. The molecule has 2 heteroatoms. The topological polar surface area (TPSA) is 0 Å². The van der Waals surface area contributed by atoms with Gasteiger partial charge in [0.05, 0.1) is 0 Å². The minimum atomic E-state index is -0.703. The minimum absolute atomic E-state index is 0.115. The fraction of sp³-hybridized carbons (Fsp3) is 0.357. The Bertz CT molecular complexity index is 783. The van der Waals surface area contributed by atoms with Gasteiger partial charge in [-0.25, -0.2) is 8.78 Å². The van der Waals surface area contributed by atoms with Gasteiger partial charge >= 0.3 is 0 Å². The maximum Gasteiger partial charge on any atom is 0.131 e. The molecule has 0 fully saturated rings. The van der Waals surface area contributed by atoms with E-state index in [1.165, 1.54) is 18.6 Å². The standard InChI is InChI=1S/C28H38F2/c1-11-19(3)13-14-21(5)22(6)15-16-23(7)24(8)18-28(30)26(10)25(9)27(29)17-20(4)12-2/h15-19,21H,4,6-14H2,1-3,5H3/b16-15-,27-17+,28-18+. The van der Waals surface area contributed by atoms with Crippen molar-refractivity contribution in [1.82, 2.24) is 0 Å². The fourth-order valence-electron chi connectivity index (χ4n) is 2.39. The summed E-state index contributed by atoms with van der Waals surface area (Å²) in [4.78, 5) is 0. The molecule has 0 N–H and O–H groups in total. The Labute approximate surface area is 183 Å². The summed E-state index contributed by atoms with van der Waals surface area (Å²) in [6.45, 7) is 31.3. The lowest BCUT2D eigenvalue weighted by Crippen LogP contribution is -2.00. The SMILES string of the molecule is C=C(/C=C(/F)C(=C)C(=C)/C(F)=C\C(=C)C(=C)/C=C\C(=C)C(C)CCC(C)CC)CC. The first-order valence-electron chi connectivity index (χ1n) is 10.5. The number of rotatable bonds is 14. The molecule has 0 nitrogen and oxygen atoms in total. The van der Waals surface area contributed by atoms with Gasteiger partial charge in [0.25, 0.3) is 0 Å². The van der Waals surface area contributed by atoms with Crippen LogP contribution < -0.4 is 0 Å². The first kappa shape index (κ1) is 27.5. The van der Waals surface area contributed by atoms with Crippen LogP contribution in [-0.4, -0.2) is 0 Å². The van der Waals surface area contributed by atoms with Gasteiger partial charge in [-0.3, -0.25) is 0 Å². The third-order valence-corrected chi connectivity index (χ3v) is 5.36. The molecule has 0 heterocycles. The van der Waals surface area contributed by atoms with E-state index in [1.807, 2.05) is 13.0 Å². The zero-order chi connectivity index (χ0) is 23.4. The number of hydrogen-bond acceptors (Lipinski definition) is 0. The summed E-state index contributed by atoms with van der Waals surface area (Å²) in [5.74, 6) is -0.289. The molecule has 0 aromatic heterocycles. The van der Waals surface area contributed by atoms with Crippen molar-refractivity contribution in [2.45, 2.75) is 53.4 Å². The first-order chi connectivity index (χ1) is 13.9. The lowest BCUT2D eigenvalue weighted by Gasteiger charge is -2.14. The van der Waals surface area contributed by atoms with Crippen LogP contribution in [-0.2, 0) is 0 Å². The zero-order valence-corrected chi connectivity index (χ0v) is 19.3. The Morgan fingerprint density at radius 1 is 0.767 bits per heavy atom. The van der Waals surface area contributed by atoms with Crippen LogP contribution in [0.5, 0.6) is 0 Å². The predicted octanol–water partition coefficient (Wildman–Crippen LogP) is 9.46. The zero-order valence-electron chi connectivity index (χ0n) is 19.3. The molecule has 164 valence electrons. The van der Waals surface area contributed by atoms with Gasteiger partial charge in [0.2, 0.25) is 0 Å². The fourth-order valence-corrected chi connectivity index (χ4v) is 2.39. The quantitative estimate of drug-likeness (QED) is 0.249. The summed E-state index contributed by atoms with van der Waals surface area (Å²) in [5.41, 5.74) is 2.27. The molecule has 2 atom stereocenters. The van der Waals surface area contributed by atoms with E-state index in [0.29, 0.717) is 35.0 Å². The second-order valence-corrected chi connectivity index (χ2v) is 7.90. The number of halogens is 2. The highest BCUT2D eigenvalue weighted by Crippen LogP contribution is 2.28. The van der Waals surface area contributed by atoms with Gasteiger partial charge in [-0.05, 0) is 48.0 Å². The summed E-state index contributed by atoms with van der Waals surface area (Å²) in [5, 5.41) is 0. The van der Waals surface area contributed by atoms with Gasteiger partial charge in [0.15, 0.2) is 0 Å². The molecular weight excluding hydrogens is 374 g/mol. The minimum Gasteiger partial charge on any atom is -0.206 e. The monoisotopic (exact) mass is 412 g/mol. The second-order valence-electron chi connectivity index (χ2n) is 7.90. The third-order valence-electron chi connectivity index (χ3n) is 5.36. The Hall–Kier alpha value is -2.48. The molecule has 0 saturated heterocycles. The van der Waals surface area contributed by atoms with Gasteiger partial charge in [-0.15, -0.1) is 0 Å². The Morgan fingerprint density at radius 2 is 1.30 bits per heavy atom. The summed E-state index contributed by atoms with van der Waals surface area (Å²) < 4.78 is 28.7. The molecule has 0 aliphatic carbocycles. The average Bonchev–Trinajstić information content (AvgIpc) is 2.73.